The molecule has 6 heteroatoms. The SMILES string of the molecule is COCCCSc1cc(N)nc(SC)n1. The van der Waals surface area contributed by atoms with Gasteiger partial charge in [-0.05, 0) is 12.7 Å². The molecule has 84 valence electrons. The van der Waals surface area contributed by atoms with Crippen LogP contribution in [-0.4, -0.2) is 35.7 Å². The van der Waals surface area contributed by atoms with Crippen molar-refractivity contribution in [2.75, 3.05) is 31.5 Å². The Bertz CT molecular complexity index is 309. The van der Waals surface area contributed by atoms with Crippen LogP contribution in [0, 0.1) is 0 Å². The maximum atomic E-state index is 5.66. The molecule has 0 fully saturated rings. The predicted octanol–water partition coefficient (Wildman–Crippen LogP) is 1.91. The van der Waals surface area contributed by atoms with Crippen LogP contribution in [0.25, 0.3) is 0 Å². The molecule has 0 aliphatic heterocycles. The molecule has 0 saturated carbocycles. The molecule has 0 unspecified atom stereocenters. The van der Waals surface area contributed by atoms with Crippen LogP contribution in [0.15, 0.2) is 16.2 Å². The Balaban J connectivity index is 2.49. The number of anilines is 1. The fourth-order valence-electron chi connectivity index (χ4n) is 0.966. The van der Waals surface area contributed by atoms with Crippen molar-refractivity contribution >= 4 is 29.3 Å². The number of nitrogens with zero attached hydrogens (tertiary/aromatic N) is 2. The van der Waals surface area contributed by atoms with Crippen LogP contribution >= 0.6 is 23.5 Å². The average molecular weight is 245 g/mol. The zero-order chi connectivity index (χ0) is 11.1. The minimum atomic E-state index is 0.531. The van der Waals surface area contributed by atoms with E-state index in [4.69, 9.17) is 10.5 Å². The largest absolute Gasteiger partial charge is 0.385 e. The Morgan fingerprint density at radius 1 is 1.47 bits per heavy atom. The van der Waals surface area contributed by atoms with Gasteiger partial charge in [-0.2, -0.15) is 0 Å². The Morgan fingerprint density at radius 2 is 2.27 bits per heavy atom. The lowest BCUT2D eigenvalue weighted by Crippen LogP contribution is -1.97. The molecule has 0 atom stereocenters. The topological polar surface area (TPSA) is 61.0 Å². The normalized spacial score (nSPS) is 10.5. The van der Waals surface area contributed by atoms with Gasteiger partial charge in [-0.15, -0.1) is 11.8 Å². The summed E-state index contributed by atoms with van der Waals surface area (Å²) in [6, 6.07) is 1.80. The van der Waals surface area contributed by atoms with Crippen LogP contribution in [0.2, 0.25) is 0 Å². The number of methoxy groups -OCH3 is 1. The molecule has 1 rings (SSSR count). The highest BCUT2D eigenvalue weighted by molar-refractivity contribution is 7.99. The molecule has 4 nitrogen and oxygen atoms in total. The lowest BCUT2D eigenvalue weighted by atomic mass is 10.5. The summed E-state index contributed by atoms with van der Waals surface area (Å²) in [6.07, 6.45) is 2.95. The summed E-state index contributed by atoms with van der Waals surface area (Å²) in [7, 11) is 1.71. The van der Waals surface area contributed by atoms with Gasteiger partial charge in [0, 0.05) is 25.5 Å². The number of rotatable bonds is 6. The number of thioether (sulfide) groups is 2. The van der Waals surface area contributed by atoms with Gasteiger partial charge < -0.3 is 10.5 Å². The van der Waals surface area contributed by atoms with E-state index in [-0.39, 0.29) is 0 Å². The van der Waals surface area contributed by atoms with Gasteiger partial charge in [0.05, 0.1) is 0 Å². The fourth-order valence-corrected chi connectivity index (χ4v) is 2.24. The first-order valence-electron chi connectivity index (χ1n) is 4.56. The van der Waals surface area contributed by atoms with Crippen molar-refractivity contribution in [3.63, 3.8) is 0 Å². The molecule has 0 radical (unpaired) electrons. The minimum absolute atomic E-state index is 0.531. The summed E-state index contributed by atoms with van der Waals surface area (Å²) in [6.45, 7) is 0.781. The smallest absolute Gasteiger partial charge is 0.190 e. The van der Waals surface area contributed by atoms with Gasteiger partial charge in [-0.1, -0.05) is 11.8 Å². The Morgan fingerprint density at radius 3 is 2.93 bits per heavy atom. The number of nitrogens with two attached hydrogens (primary N) is 1. The summed E-state index contributed by atoms with van der Waals surface area (Å²) in [5.41, 5.74) is 5.66. The van der Waals surface area contributed by atoms with Crippen molar-refractivity contribution in [1.29, 1.82) is 0 Å². The molecule has 0 bridgehead atoms. The molecule has 15 heavy (non-hydrogen) atoms. The van der Waals surface area contributed by atoms with E-state index in [1.807, 2.05) is 6.26 Å². The number of hydrogen-bond donors (Lipinski definition) is 1. The highest BCUT2D eigenvalue weighted by Crippen LogP contribution is 2.21. The number of aromatic nitrogens is 2. The van der Waals surface area contributed by atoms with Crippen molar-refractivity contribution in [1.82, 2.24) is 9.97 Å². The van der Waals surface area contributed by atoms with Gasteiger partial charge in [-0.25, -0.2) is 9.97 Å². The summed E-state index contributed by atoms with van der Waals surface area (Å²) in [5.74, 6) is 1.52. The van der Waals surface area contributed by atoms with Crippen LogP contribution in [0.3, 0.4) is 0 Å². The average Bonchev–Trinajstić information content (AvgIpc) is 2.23. The maximum Gasteiger partial charge on any atom is 0.190 e. The Hall–Kier alpha value is -0.460. The first-order valence-corrected chi connectivity index (χ1v) is 6.77. The molecule has 1 aromatic heterocycles. The van der Waals surface area contributed by atoms with E-state index in [9.17, 15) is 0 Å². The van der Waals surface area contributed by atoms with Crippen molar-refractivity contribution < 1.29 is 4.74 Å². The van der Waals surface area contributed by atoms with Crippen molar-refractivity contribution in [3.05, 3.63) is 6.07 Å². The zero-order valence-corrected chi connectivity index (χ0v) is 10.5. The van der Waals surface area contributed by atoms with Crippen LogP contribution in [0.5, 0.6) is 0 Å². The molecule has 0 aliphatic carbocycles. The van der Waals surface area contributed by atoms with E-state index in [0.717, 1.165) is 29.0 Å². The molecular weight excluding hydrogens is 230 g/mol. The quantitative estimate of drug-likeness (QED) is 0.357. The number of hydrogen-bond acceptors (Lipinski definition) is 6. The third-order valence-corrected chi connectivity index (χ3v) is 3.17. The molecule has 1 heterocycles. The maximum absolute atomic E-state index is 5.66. The Labute approximate surface area is 98.4 Å². The van der Waals surface area contributed by atoms with Crippen molar-refractivity contribution in [3.8, 4) is 0 Å². The molecule has 2 N–H and O–H groups in total. The summed E-state index contributed by atoms with van der Waals surface area (Å²) >= 11 is 3.18. The molecular formula is C9H15N3OS2. The molecule has 0 saturated heterocycles. The molecule has 0 aromatic carbocycles. The van der Waals surface area contributed by atoms with Crippen LogP contribution in [0.1, 0.15) is 6.42 Å². The second-order valence-corrected chi connectivity index (χ2v) is 4.70. The van der Waals surface area contributed by atoms with Crippen molar-refractivity contribution in [2.24, 2.45) is 0 Å². The molecule has 0 amide bonds. The van der Waals surface area contributed by atoms with Crippen LogP contribution in [0.4, 0.5) is 5.82 Å². The van der Waals surface area contributed by atoms with E-state index in [0.29, 0.717) is 5.82 Å². The van der Waals surface area contributed by atoms with Crippen LogP contribution in [-0.2, 0) is 4.74 Å². The summed E-state index contributed by atoms with van der Waals surface area (Å²) < 4.78 is 4.97. The standard InChI is InChI=1S/C9H15N3OS2/c1-13-4-3-5-15-8-6-7(10)11-9(12-8)14-2/h6H,3-5H2,1-2H3,(H2,10,11,12). The zero-order valence-electron chi connectivity index (χ0n) is 8.90. The second-order valence-electron chi connectivity index (χ2n) is 2.81. The van der Waals surface area contributed by atoms with E-state index in [1.54, 1.807) is 24.9 Å². The van der Waals surface area contributed by atoms with Gasteiger partial charge in [0.25, 0.3) is 0 Å². The highest BCUT2D eigenvalue weighted by Gasteiger charge is 2.02. The van der Waals surface area contributed by atoms with Gasteiger partial charge in [-0.3, -0.25) is 0 Å². The van der Waals surface area contributed by atoms with Gasteiger partial charge in [0.2, 0.25) is 0 Å². The van der Waals surface area contributed by atoms with Gasteiger partial charge in [0.15, 0.2) is 5.16 Å². The molecule has 0 aliphatic rings. The predicted molar refractivity (Wildman–Crippen MR) is 65.4 cm³/mol. The fraction of sp³-hybridized carbons (Fsp3) is 0.556. The van der Waals surface area contributed by atoms with E-state index in [1.165, 1.54) is 11.8 Å². The Kier molecular flexibility index (Phi) is 5.82. The van der Waals surface area contributed by atoms with Gasteiger partial charge >= 0.3 is 0 Å². The lowest BCUT2D eigenvalue weighted by molar-refractivity contribution is 0.200. The number of ether oxygens (including phenoxy) is 1. The summed E-state index contributed by atoms with van der Waals surface area (Å²) in [5, 5.41) is 1.66. The summed E-state index contributed by atoms with van der Waals surface area (Å²) in [4.78, 5) is 8.43. The van der Waals surface area contributed by atoms with E-state index in [2.05, 4.69) is 9.97 Å². The monoisotopic (exact) mass is 245 g/mol. The molecule has 1 aromatic rings. The first kappa shape index (κ1) is 12.6. The lowest BCUT2D eigenvalue weighted by Gasteiger charge is -2.03. The van der Waals surface area contributed by atoms with Crippen LogP contribution < -0.4 is 5.73 Å². The van der Waals surface area contributed by atoms with Gasteiger partial charge in [0.1, 0.15) is 10.8 Å². The third kappa shape index (κ3) is 4.72. The number of nitrogen functional groups attached to an aromatic ring is 1. The highest BCUT2D eigenvalue weighted by atomic mass is 32.2. The first-order chi connectivity index (χ1) is 7.26. The minimum Gasteiger partial charge on any atom is -0.385 e. The van der Waals surface area contributed by atoms with E-state index >= 15 is 0 Å². The third-order valence-electron chi connectivity index (χ3n) is 1.63. The van der Waals surface area contributed by atoms with E-state index < -0.39 is 0 Å². The second kappa shape index (κ2) is 6.92. The van der Waals surface area contributed by atoms with Crippen molar-refractivity contribution in [2.45, 2.75) is 16.6 Å². The molecule has 0 spiro atoms.